The van der Waals surface area contributed by atoms with Gasteiger partial charge in [0.15, 0.2) is 0 Å². The summed E-state index contributed by atoms with van der Waals surface area (Å²) in [6, 6.07) is 3.63. The van der Waals surface area contributed by atoms with Crippen molar-refractivity contribution in [3.8, 4) is 16.7 Å². The third-order valence-electron chi connectivity index (χ3n) is 2.01. The average molecular weight is 219 g/mol. The normalized spacial score (nSPS) is 10.2. The fourth-order valence-corrected chi connectivity index (χ4v) is 2.24. The first-order valence-electron chi connectivity index (χ1n) is 4.35. The van der Waals surface area contributed by atoms with E-state index in [1.54, 1.807) is 6.07 Å². The van der Waals surface area contributed by atoms with E-state index in [-0.39, 0.29) is 5.88 Å². The number of nitriles is 1. The number of nitrogens with two attached hydrogens (primary N) is 1. The van der Waals surface area contributed by atoms with Crippen molar-refractivity contribution in [1.82, 2.24) is 4.98 Å². The molecule has 2 aromatic rings. The predicted molar refractivity (Wildman–Crippen MR) is 58.4 cm³/mol. The predicted octanol–water partition coefficient (Wildman–Crippen LogP) is 2.47. The van der Waals surface area contributed by atoms with Crippen LogP contribution < -0.4 is 5.73 Å². The molecular formula is C10H9N3OS. The Kier molecular flexibility index (Phi) is 2.21. The number of hydrogen-bond acceptors (Lipinski definition) is 5. The quantitative estimate of drug-likeness (QED) is 0.799. The minimum atomic E-state index is 0.165. The number of hydrogen-bond donors (Lipinski definition) is 1. The number of aromatic nitrogens is 1. The van der Waals surface area contributed by atoms with Crippen LogP contribution in [0, 0.1) is 25.2 Å². The minimum Gasteiger partial charge on any atom is -0.439 e. The second-order valence-corrected chi connectivity index (χ2v) is 4.35. The van der Waals surface area contributed by atoms with E-state index in [4.69, 9.17) is 15.4 Å². The Bertz CT molecular complexity index is 548. The van der Waals surface area contributed by atoms with Crippen molar-refractivity contribution in [3.63, 3.8) is 0 Å². The molecule has 0 aliphatic carbocycles. The molecule has 0 aliphatic heterocycles. The summed E-state index contributed by atoms with van der Waals surface area (Å²) in [4.78, 5) is 5.22. The molecule has 0 aromatic carbocycles. The van der Waals surface area contributed by atoms with Gasteiger partial charge >= 0.3 is 0 Å². The highest BCUT2D eigenvalue weighted by molar-refractivity contribution is 7.15. The van der Waals surface area contributed by atoms with Gasteiger partial charge in [-0.1, -0.05) is 0 Å². The average Bonchev–Trinajstić information content (AvgIpc) is 2.69. The van der Waals surface area contributed by atoms with Gasteiger partial charge in [0.2, 0.25) is 5.88 Å². The van der Waals surface area contributed by atoms with Crippen LogP contribution in [0.4, 0.5) is 5.88 Å². The first kappa shape index (κ1) is 9.74. The Labute approximate surface area is 91.0 Å². The molecule has 0 spiro atoms. The Hall–Kier alpha value is -1.80. The zero-order valence-corrected chi connectivity index (χ0v) is 9.18. The molecule has 0 radical (unpaired) electrons. The molecule has 15 heavy (non-hydrogen) atoms. The number of furan rings is 1. The van der Waals surface area contributed by atoms with Crippen LogP contribution in [0.15, 0.2) is 10.5 Å². The lowest BCUT2D eigenvalue weighted by atomic mass is 10.3. The lowest BCUT2D eigenvalue weighted by Gasteiger charge is -1.90. The summed E-state index contributed by atoms with van der Waals surface area (Å²) in [5.41, 5.74) is 6.81. The van der Waals surface area contributed by atoms with Crippen molar-refractivity contribution >= 4 is 17.2 Å². The first-order valence-corrected chi connectivity index (χ1v) is 5.17. The van der Waals surface area contributed by atoms with Crippen molar-refractivity contribution < 1.29 is 4.42 Å². The molecule has 0 saturated carbocycles. The van der Waals surface area contributed by atoms with Crippen LogP contribution in [0.2, 0.25) is 0 Å². The van der Waals surface area contributed by atoms with E-state index in [1.807, 2.05) is 19.9 Å². The molecule has 0 unspecified atom stereocenters. The fraction of sp³-hybridized carbons (Fsp3) is 0.200. The maximum absolute atomic E-state index is 8.75. The minimum absolute atomic E-state index is 0.165. The standard InChI is InChI=1S/C10H9N3OS/c1-5-9(15-6(2)13-5)8-3-7(4-11)10(12)14-8/h3H,12H2,1-2H3. The fourth-order valence-electron chi connectivity index (χ4n) is 1.36. The van der Waals surface area contributed by atoms with E-state index in [0.717, 1.165) is 15.6 Å². The van der Waals surface area contributed by atoms with Gasteiger partial charge in [0.25, 0.3) is 0 Å². The van der Waals surface area contributed by atoms with Gasteiger partial charge < -0.3 is 10.2 Å². The molecular weight excluding hydrogens is 210 g/mol. The maximum atomic E-state index is 8.75. The summed E-state index contributed by atoms with van der Waals surface area (Å²) in [6.07, 6.45) is 0. The Morgan fingerprint density at radius 2 is 2.27 bits per heavy atom. The van der Waals surface area contributed by atoms with Gasteiger partial charge in [0.1, 0.15) is 17.4 Å². The molecule has 2 rings (SSSR count). The van der Waals surface area contributed by atoms with Crippen LogP contribution in [-0.2, 0) is 0 Å². The summed E-state index contributed by atoms with van der Waals surface area (Å²) >= 11 is 1.53. The zero-order chi connectivity index (χ0) is 11.0. The van der Waals surface area contributed by atoms with Crippen molar-refractivity contribution in [3.05, 3.63) is 22.3 Å². The van der Waals surface area contributed by atoms with E-state index in [1.165, 1.54) is 11.3 Å². The topological polar surface area (TPSA) is 75.8 Å². The van der Waals surface area contributed by atoms with E-state index in [9.17, 15) is 0 Å². The molecule has 0 amide bonds. The van der Waals surface area contributed by atoms with Gasteiger partial charge in [-0.3, -0.25) is 0 Å². The van der Waals surface area contributed by atoms with Crippen LogP contribution in [0.25, 0.3) is 10.6 Å². The Balaban J connectivity index is 2.55. The molecule has 0 saturated heterocycles. The van der Waals surface area contributed by atoms with Crippen LogP contribution in [-0.4, -0.2) is 4.98 Å². The number of nitrogen functional groups attached to an aromatic ring is 1. The Morgan fingerprint density at radius 1 is 1.53 bits per heavy atom. The highest BCUT2D eigenvalue weighted by Gasteiger charge is 2.14. The molecule has 2 aromatic heterocycles. The summed E-state index contributed by atoms with van der Waals surface area (Å²) < 4.78 is 5.31. The third-order valence-corrected chi connectivity index (χ3v) is 3.10. The molecule has 76 valence electrons. The summed E-state index contributed by atoms with van der Waals surface area (Å²) in [6.45, 7) is 3.84. The van der Waals surface area contributed by atoms with Gasteiger partial charge in [0.05, 0.1) is 15.6 Å². The van der Waals surface area contributed by atoms with Crippen molar-refractivity contribution in [2.24, 2.45) is 0 Å². The van der Waals surface area contributed by atoms with Crippen LogP contribution in [0.3, 0.4) is 0 Å². The van der Waals surface area contributed by atoms with Crippen LogP contribution >= 0.6 is 11.3 Å². The zero-order valence-electron chi connectivity index (χ0n) is 8.37. The molecule has 2 N–H and O–H groups in total. The smallest absolute Gasteiger partial charge is 0.209 e. The lowest BCUT2D eigenvalue weighted by molar-refractivity contribution is 0.603. The summed E-state index contributed by atoms with van der Waals surface area (Å²) in [5.74, 6) is 0.783. The third kappa shape index (κ3) is 1.60. The van der Waals surface area contributed by atoms with E-state index >= 15 is 0 Å². The number of nitrogens with zero attached hydrogens (tertiary/aromatic N) is 2. The van der Waals surface area contributed by atoms with E-state index in [2.05, 4.69) is 4.98 Å². The lowest BCUT2D eigenvalue weighted by Crippen LogP contribution is -1.82. The van der Waals surface area contributed by atoms with Gasteiger partial charge in [0, 0.05) is 6.07 Å². The summed E-state index contributed by atoms with van der Waals surface area (Å²) in [5, 5.41) is 9.72. The molecule has 2 heterocycles. The van der Waals surface area contributed by atoms with Crippen molar-refractivity contribution in [2.75, 3.05) is 5.73 Å². The maximum Gasteiger partial charge on any atom is 0.209 e. The number of thiazole rings is 1. The molecule has 0 bridgehead atoms. The monoisotopic (exact) mass is 219 g/mol. The highest BCUT2D eigenvalue weighted by Crippen LogP contribution is 2.33. The first-order chi connectivity index (χ1) is 7.11. The van der Waals surface area contributed by atoms with Gasteiger partial charge in [-0.15, -0.1) is 11.3 Å². The van der Waals surface area contributed by atoms with Crippen molar-refractivity contribution in [2.45, 2.75) is 13.8 Å². The Morgan fingerprint density at radius 3 is 2.73 bits per heavy atom. The molecule has 0 fully saturated rings. The van der Waals surface area contributed by atoms with E-state index < -0.39 is 0 Å². The number of aryl methyl sites for hydroxylation is 2. The molecule has 0 atom stereocenters. The van der Waals surface area contributed by atoms with Crippen molar-refractivity contribution in [1.29, 1.82) is 5.26 Å². The number of rotatable bonds is 1. The summed E-state index contributed by atoms with van der Waals surface area (Å²) in [7, 11) is 0. The second kappa shape index (κ2) is 3.41. The highest BCUT2D eigenvalue weighted by atomic mass is 32.1. The molecule has 5 heteroatoms. The molecule has 0 aliphatic rings. The second-order valence-electron chi connectivity index (χ2n) is 3.15. The SMILES string of the molecule is Cc1nc(C)c(-c2cc(C#N)c(N)o2)s1. The van der Waals surface area contributed by atoms with E-state index in [0.29, 0.717) is 11.3 Å². The van der Waals surface area contributed by atoms with Gasteiger partial charge in [-0.2, -0.15) is 5.26 Å². The van der Waals surface area contributed by atoms with Crippen LogP contribution in [0.5, 0.6) is 0 Å². The van der Waals surface area contributed by atoms with Crippen LogP contribution in [0.1, 0.15) is 16.3 Å². The molecule has 4 nitrogen and oxygen atoms in total. The van der Waals surface area contributed by atoms with Gasteiger partial charge in [-0.25, -0.2) is 4.98 Å². The number of anilines is 1. The van der Waals surface area contributed by atoms with Gasteiger partial charge in [-0.05, 0) is 13.8 Å². The largest absolute Gasteiger partial charge is 0.439 e.